The molecule has 6 nitrogen and oxygen atoms in total. The van der Waals surface area contributed by atoms with E-state index in [9.17, 15) is 14.4 Å². The Hall–Kier alpha value is -2.76. The van der Waals surface area contributed by atoms with Crippen LogP contribution in [0, 0.1) is 6.92 Å². The second kappa shape index (κ2) is 4.87. The Balaban J connectivity index is 1.69. The minimum absolute atomic E-state index is 0.0908. The van der Waals surface area contributed by atoms with Crippen LogP contribution in [-0.4, -0.2) is 26.6 Å². The number of H-pyrrole nitrogens is 1. The largest absolute Gasteiger partial charge is 0.328 e. The molecule has 0 spiro atoms. The summed E-state index contributed by atoms with van der Waals surface area (Å²) in [7, 11) is 0. The quantitative estimate of drug-likeness (QED) is 0.862. The first-order chi connectivity index (χ1) is 11.0. The third-order valence-electron chi connectivity index (χ3n) is 4.51. The molecule has 23 heavy (non-hydrogen) atoms. The van der Waals surface area contributed by atoms with Crippen molar-refractivity contribution in [1.29, 1.82) is 0 Å². The van der Waals surface area contributed by atoms with Gasteiger partial charge in [0.15, 0.2) is 5.78 Å². The summed E-state index contributed by atoms with van der Waals surface area (Å²) in [5, 5.41) is 0. The van der Waals surface area contributed by atoms with Crippen LogP contribution in [-0.2, 0) is 19.5 Å². The highest BCUT2D eigenvalue weighted by Crippen LogP contribution is 2.28. The number of carbonyl (C=O) groups excluding carboxylic acids is 2. The molecule has 116 valence electrons. The van der Waals surface area contributed by atoms with Crippen molar-refractivity contribution < 1.29 is 9.59 Å². The normalized spacial score (nSPS) is 15.7. The molecule has 6 heteroatoms. The molecule has 0 fully saturated rings. The molecule has 0 radical (unpaired) electrons. The number of nitrogens with zero attached hydrogens (tertiary/aromatic N) is 2. The lowest BCUT2D eigenvalue weighted by Gasteiger charge is -2.17. The van der Waals surface area contributed by atoms with E-state index in [1.807, 2.05) is 0 Å². The number of rotatable bonds is 1. The van der Waals surface area contributed by atoms with Crippen LogP contribution in [0.25, 0.3) is 0 Å². The molecule has 4 rings (SSSR count). The van der Waals surface area contributed by atoms with E-state index in [2.05, 4.69) is 9.97 Å². The maximum absolute atomic E-state index is 12.9. The average molecular weight is 309 g/mol. The zero-order valence-corrected chi connectivity index (χ0v) is 12.7. The summed E-state index contributed by atoms with van der Waals surface area (Å²) in [4.78, 5) is 45.3. The molecule has 2 aromatic rings. The summed E-state index contributed by atoms with van der Waals surface area (Å²) in [5.74, 6) is 0.494. The van der Waals surface area contributed by atoms with E-state index in [0.29, 0.717) is 47.6 Å². The average Bonchev–Trinajstić information content (AvgIpc) is 3.11. The number of hydrogen-bond acceptors (Lipinski definition) is 4. The van der Waals surface area contributed by atoms with E-state index in [0.717, 1.165) is 5.56 Å². The molecule has 1 N–H and O–H groups in total. The maximum atomic E-state index is 12.9. The van der Waals surface area contributed by atoms with Crippen molar-refractivity contribution in [2.24, 2.45) is 0 Å². The lowest BCUT2D eigenvalue weighted by molar-refractivity contribution is 0.0749. The number of aryl methyl sites for hydroxylation is 1. The molecule has 1 aromatic heterocycles. The third-order valence-corrected chi connectivity index (χ3v) is 4.51. The molecular weight excluding hydrogens is 294 g/mol. The number of nitrogens with one attached hydrogen (secondary N) is 1. The van der Waals surface area contributed by atoms with E-state index in [1.54, 1.807) is 30.0 Å². The Labute approximate surface area is 132 Å². The second-order valence-corrected chi connectivity index (χ2v) is 5.99. The summed E-state index contributed by atoms with van der Waals surface area (Å²) in [6.07, 6.45) is 1.06. The summed E-state index contributed by atoms with van der Waals surface area (Å²) in [6.45, 7) is 2.31. The highest BCUT2D eigenvalue weighted by Gasteiger charge is 2.31. The summed E-state index contributed by atoms with van der Waals surface area (Å²) in [6, 6.07) is 5.27. The van der Waals surface area contributed by atoms with E-state index in [4.69, 9.17) is 0 Å². The van der Waals surface area contributed by atoms with Gasteiger partial charge in [0.25, 0.3) is 11.5 Å². The first-order valence-electron chi connectivity index (χ1n) is 7.57. The van der Waals surface area contributed by atoms with Crippen LogP contribution in [0.2, 0.25) is 0 Å². The molecule has 2 aliphatic rings. The molecule has 1 aliphatic heterocycles. The van der Waals surface area contributed by atoms with Crippen LogP contribution >= 0.6 is 0 Å². The van der Waals surface area contributed by atoms with Crippen molar-refractivity contribution in [2.75, 3.05) is 0 Å². The topological polar surface area (TPSA) is 83.1 Å². The van der Waals surface area contributed by atoms with Gasteiger partial charge >= 0.3 is 0 Å². The van der Waals surface area contributed by atoms with Gasteiger partial charge in [-0.15, -0.1) is 0 Å². The van der Waals surface area contributed by atoms with E-state index < -0.39 is 0 Å². The number of ketones is 1. The smallest absolute Gasteiger partial charge is 0.256 e. The lowest BCUT2D eigenvalue weighted by atomic mass is 10.0. The van der Waals surface area contributed by atoms with Gasteiger partial charge in [0, 0.05) is 17.5 Å². The van der Waals surface area contributed by atoms with Gasteiger partial charge in [0.05, 0.1) is 24.3 Å². The van der Waals surface area contributed by atoms with E-state index >= 15 is 0 Å². The Morgan fingerprint density at radius 3 is 2.83 bits per heavy atom. The first kappa shape index (κ1) is 13.9. The lowest BCUT2D eigenvalue weighted by Crippen LogP contribution is -2.27. The summed E-state index contributed by atoms with van der Waals surface area (Å²) in [5.41, 5.74) is 3.07. The zero-order chi connectivity index (χ0) is 16.1. The fourth-order valence-electron chi connectivity index (χ4n) is 3.39. The predicted molar refractivity (Wildman–Crippen MR) is 82.3 cm³/mol. The van der Waals surface area contributed by atoms with Crippen molar-refractivity contribution in [2.45, 2.75) is 32.9 Å². The van der Waals surface area contributed by atoms with Crippen molar-refractivity contribution >= 4 is 11.7 Å². The van der Waals surface area contributed by atoms with Crippen LogP contribution in [0.3, 0.4) is 0 Å². The molecule has 0 saturated heterocycles. The van der Waals surface area contributed by atoms with Gasteiger partial charge in [-0.25, -0.2) is 4.98 Å². The molecule has 0 bridgehead atoms. The number of Topliss-reactive ketones (excluding diaryl/α,β-unsaturated/α-hetero) is 1. The summed E-state index contributed by atoms with van der Waals surface area (Å²) < 4.78 is 0. The minimum atomic E-state index is -0.184. The molecular formula is C17H15N3O3. The summed E-state index contributed by atoms with van der Waals surface area (Å²) >= 11 is 0. The van der Waals surface area contributed by atoms with Crippen molar-refractivity contribution in [1.82, 2.24) is 14.9 Å². The highest BCUT2D eigenvalue weighted by atomic mass is 16.2. The maximum Gasteiger partial charge on any atom is 0.256 e. The van der Waals surface area contributed by atoms with Gasteiger partial charge in [0.1, 0.15) is 5.82 Å². The number of aromatic amines is 1. The number of carbonyl (C=O) groups is 2. The van der Waals surface area contributed by atoms with E-state index in [-0.39, 0.29) is 23.8 Å². The van der Waals surface area contributed by atoms with Crippen LogP contribution in [0.4, 0.5) is 0 Å². The number of benzene rings is 1. The fraction of sp³-hybridized carbons (Fsp3) is 0.294. The van der Waals surface area contributed by atoms with Crippen LogP contribution in [0.1, 0.15) is 49.8 Å². The van der Waals surface area contributed by atoms with Crippen molar-refractivity contribution in [3.63, 3.8) is 0 Å². The SMILES string of the molecule is Cc1nc2c(c(=O)[nH]1)CN(C(=O)c1cccc3c1CCC3=O)C2. The Kier molecular flexibility index (Phi) is 2.94. The Morgan fingerprint density at radius 1 is 1.17 bits per heavy atom. The van der Waals surface area contributed by atoms with Gasteiger partial charge in [0.2, 0.25) is 0 Å². The van der Waals surface area contributed by atoms with Crippen molar-refractivity contribution in [3.8, 4) is 0 Å². The van der Waals surface area contributed by atoms with Gasteiger partial charge in [-0.05, 0) is 25.0 Å². The second-order valence-electron chi connectivity index (χ2n) is 5.99. The minimum Gasteiger partial charge on any atom is -0.328 e. The third kappa shape index (κ3) is 2.10. The Bertz CT molecular complexity index is 914. The Morgan fingerprint density at radius 2 is 2.00 bits per heavy atom. The predicted octanol–water partition coefficient (Wildman–Crippen LogP) is 1.36. The fourth-order valence-corrected chi connectivity index (χ4v) is 3.39. The number of amides is 1. The van der Waals surface area contributed by atoms with Gasteiger partial charge < -0.3 is 9.88 Å². The molecule has 1 amide bonds. The number of hydrogen-bond donors (Lipinski definition) is 1. The van der Waals surface area contributed by atoms with Gasteiger partial charge in [-0.1, -0.05) is 12.1 Å². The molecule has 2 heterocycles. The van der Waals surface area contributed by atoms with Crippen molar-refractivity contribution in [3.05, 3.63) is 62.3 Å². The van der Waals surface area contributed by atoms with Crippen LogP contribution in [0.15, 0.2) is 23.0 Å². The van der Waals surface area contributed by atoms with E-state index in [1.165, 1.54) is 0 Å². The monoisotopic (exact) mass is 309 g/mol. The highest BCUT2D eigenvalue weighted by molar-refractivity contribution is 6.05. The molecule has 1 aromatic carbocycles. The van der Waals surface area contributed by atoms with Crippen LogP contribution in [0.5, 0.6) is 0 Å². The first-order valence-corrected chi connectivity index (χ1v) is 7.57. The number of fused-ring (bicyclic) bond motifs is 2. The molecule has 0 unspecified atom stereocenters. The standard InChI is InChI=1S/C17H15N3O3/c1-9-18-14-8-20(7-13(14)16(22)19-9)17(23)12-4-2-3-11-10(12)5-6-15(11)21/h2-4H,5-8H2,1H3,(H,18,19,22). The number of aromatic nitrogens is 2. The van der Waals surface area contributed by atoms with Gasteiger partial charge in [-0.3, -0.25) is 14.4 Å². The van der Waals surface area contributed by atoms with Crippen LogP contribution < -0.4 is 5.56 Å². The zero-order valence-electron chi connectivity index (χ0n) is 12.7. The molecule has 1 aliphatic carbocycles. The van der Waals surface area contributed by atoms with Gasteiger partial charge in [-0.2, -0.15) is 0 Å². The molecule has 0 atom stereocenters. The molecule has 0 saturated carbocycles.